The Kier molecular flexibility index (Phi) is 3.27. The lowest BCUT2D eigenvalue weighted by Gasteiger charge is -2.33. The van der Waals surface area contributed by atoms with Gasteiger partial charge in [0.25, 0.3) is 0 Å². The number of halogens is 1. The molecule has 2 bridgehead atoms. The van der Waals surface area contributed by atoms with Crippen molar-refractivity contribution in [1.82, 2.24) is 0 Å². The predicted octanol–water partition coefficient (Wildman–Crippen LogP) is 4.45. The molecule has 2 N–H and O–H groups in total. The molecule has 2 saturated carbocycles. The van der Waals surface area contributed by atoms with E-state index in [1.165, 1.54) is 31.2 Å². The number of fused-ring (bicyclic) bond motifs is 2. The summed E-state index contributed by atoms with van der Waals surface area (Å²) in [5, 5.41) is 0. The molecular formula is C16H22BrN. The molecule has 1 aromatic rings. The number of benzene rings is 1. The molecule has 0 saturated heterocycles. The molecule has 0 aliphatic heterocycles. The average molecular weight is 308 g/mol. The fourth-order valence-electron chi connectivity index (χ4n) is 4.21. The highest BCUT2D eigenvalue weighted by atomic mass is 79.9. The Labute approximate surface area is 118 Å². The molecule has 2 heteroatoms. The van der Waals surface area contributed by atoms with Gasteiger partial charge < -0.3 is 5.73 Å². The normalized spacial score (nSPS) is 33.6. The summed E-state index contributed by atoms with van der Waals surface area (Å²) in [6.45, 7) is 2.19. The van der Waals surface area contributed by atoms with Crippen LogP contribution in [-0.2, 0) is 5.54 Å². The number of nitrogens with two attached hydrogens (primary N) is 1. The lowest BCUT2D eigenvalue weighted by atomic mass is 9.77. The number of hydrogen-bond acceptors (Lipinski definition) is 1. The third kappa shape index (κ3) is 2.25. The van der Waals surface area contributed by atoms with Crippen LogP contribution in [0.25, 0.3) is 0 Å². The van der Waals surface area contributed by atoms with Gasteiger partial charge in [-0.1, -0.05) is 40.5 Å². The van der Waals surface area contributed by atoms with E-state index in [0.29, 0.717) is 0 Å². The first-order chi connectivity index (χ1) is 8.56. The van der Waals surface area contributed by atoms with E-state index in [1.807, 2.05) is 0 Å². The highest BCUT2D eigenvalue weighted by Crippen LogP contribution is 2.51. The third-order valence-corrected chi connectivity index (χ3v) is 5.75. The van der Waals surface area contributed by atoms with E-state index in [1.54, 1.807) is 0 Å². The summed E-state index contributed by atoms with van der Waals surface area (Å²) in [5.41, 5.74) is 7.68. The average Bonchev–Trinajstić information content (AvgIpc) is 2.90. The second-order valence-corrected chi connectivity index (χ2v) is 7.39. The zero-order valence-electron chi connectivity index (χ0n) is 11.0. The summed E-state index contributed by atoms with van der Waals surface area (Å²) < 4.78 is 1.15. The molecule has 98 valence electrons. The maximum atomic E-state index is 6.62. The fraction of sp³-hybridized carbons (Fsp3) is 0.625. The molecule has 0 aromatic heterocycles. The van der Waals surface area contributed by atoms with Crippen LogP contribution >= 0.6 is 15.9 Å². The van der Waals surface area contributed by atoms with Gasteiger partial charge in [0.05, 0.1) is 0 Å². The predicted molar refractivity (Wildman–Crippen MR) is 79.2 cm³/mol. The summed E-state index contributed by atoms with van der Waals surface area (Å²) in [6.07, 6.45) is 6.94. The van der Waals surface area contributed by atoms with Crippen LogP contribution in [0.2, 0.25) is 0 Å². The molecule has 0 spiro atoms. The Hall–Kier alpha value is -0.340. The van der Waals surface area contributed by atoms with Gasteiger partial charge in [-0.15, -0.1) is 0 Å². The van der Waals surface area contributed by atoms with Crippen LogP contribution in [0.15, 0.2) is 28.7 Å². The maximum absolute atomic E-state index is 6.62. The van der Waals surface area contributed by atoms with Crippen molar-refractivity contribution in [2.75, 3.05) is 0 Å². The summed E-state index contributed by atoms with van der Waals surface area (Å²) in [6, 6.07) is 8.41. The molecule has 2 aliphatic carbocycles. The zero-order chi connectivity index (χ0) is 12.8. The van der Waals surface area contributed by atoms with Crippen molar-refractivity contribution in [1.29, 1.82) is 0 Å². The number of rotatable bonds is 3. The molecule has 2 aliphatic rings. The van der Waals surface area contributed by atoms with Gasteiger partial charge in [0.1, 0.15) is 0 Å². The molecule has 18 heavy (non-hydrogen) atoms. The SMILES string of the molecule is CC(N)(CC1CC2CCC1C2)c1ccccc1Br. The first-order valence-corrected chi connectivity index (χ1v) is 7.89. The summed E-state index contributed by atoms with van der Waals surface area (Å²) in [4.78, 5) is 0. The van der Waals surface area contributed by atoms with Gasteiger partial charge in [0.2, 0.25) is 0 Å². The van der Waals surface area contributed by atoms with E-state index in [-0.39, 0.29) is 5.54 Å². The Balaban J connectivity index is 1.77. The van der Waals surface area contributed by atoms with Crippen molar-refractivity contribution in [3.05, 3.63) is 34.3 Å². The Morgan fingerprint density at radius 3 is 2.67 bits per heavy atom. The molecule has 1 aromatic carbocycles. The Morgan fingerprint density at radius 2 is 2.06 bits per heavy atom. The molecule has 4 atom stereocenters. The van der Waals surface area contributed by atoms with Crippen molar-refractivity contribution in [2.24, 2.45) is 23.5 Å². The summed E-state index contributed by atoms with van der Waals surface area (Å²) in [5.74, 6) is 2.82. The van der Waals surface area contributed by atoms with E-state index in [0.717, 1.165) is 28.6 Å². The van der Waals surface area contributed by atoms with Gasteiger partial charge in [0.15, 0.2) is 0 Å². The topological polar surface area (TPSA) is 26.0 Å². The molecule has 4 unspecified atom stereocenters. The molecule has 2 fully saturated rings. The van der Waals surface area contributed by atoms with E-state index in [9.17, 15) is 0 Å². The van der Waals surface area contributed by atoms with Crippen molar-refractivity contribution < 1.29 is 0 Å². The maximum Gasteiger partial charge on any atom is 0.0395 e. The van der Waals surface area contributed by atoms with Crippen LogP contribution in [0.1, 0.15) is 44.6 Å². The van der Waals surface area contributed by atoms with E-state index < -0.39 is 0 Å². The van der Waals surface area contributed by atoms with Crippen molar-refractivity contribution in [3.8, 4) is 0 Å². The van der Waals surface area contributed by atoms with Crippen LogP contribution in [0.4, 0.5) is 0 Å². The number of hydrogen-bond donors (Lipinski definition) is 1. The van der Waals surface area contributed by atoms with E-state index >= 15 is 0 Å². The molecule has 0 heterocycles. The lowest BCUT2D eigenvalue weighted by molar-refractivity contribution is 0.252. The molecule has 0 radical (unpaired) electrons. The highest BCUT2D eigenvalue weighted by Gasteiger charge is 2.42. The van der Waals surface area contributed by atoms with Crippen molar-refractivity contribution in [3.63, 3.8) is 0 Å². The van der Waals surface area contributed by atoms with Crippen LogP contribution < -0.4 is 5.73 Å². The minimum atomic E-state index is -0.199. The van der Waals surface area contributed by atoms with Gasteiger partial charge in [0, 0.05) is 10.0 Å². The monoisotopic (exact) mass is 307 g/mol. The van der Waals surface area contributed by atoms with Gasteiger partial charge in [-0.05, 0) is 62.0 Å². The first kappa shape index (κ1) is 12.7. The second kappa shape index (κ2) is 4.64. The Morgan fingerprint density at radius 1 is 1.28 bits per heavy atom. The third-order valence-electron chi connectivity index (χ3n) is 5.06. The molecule has 1 nitrogen and oxygen atoms in total. The van der Waals surface area contributed by atoms with Gasteiger partial charge in [-0.2, -0.15) is 0 Å². The van der Waals surface area contributed by atoms with Crippen molar-refractivity contribution in [2.45, 2.75) is 44.6 Å². The van der Waals surface area contributed by atoms with Crippen LogP contribution in [0.5, 0.6) is 0 Å². The second-order valence-electron chi connectivity index (χ2n) is 6.54. The molecular weight excluding hydrogens is 286 g/mol. The first-order valence-electron chi connectivity index (χ1n) is 7.10. The van der Waals surface area contributed by atoms with Crippen LogP contribution in [0, 0.1) is 17.8 Å². The van der Waals surface area contributed by atoms with Crippen LogP contribution in [-0.4, -0.2) is 0 Å². The minimum absolute atomic E-state index is 0.199. The minimum Gasteiger partial charge on any atom is -0.322 e. The summed E-state index contributed by atoms with van der Waals surface area (Å²) >= 11 is 3.64. The fourth-order valence-corrected chi connectivity index (χ4v) is 4.94. The van der Waals surface area contributed by atoms with Gasteiger partial charge in [-0.25, -0.2) is 0 Å². The van der Waals surface area contributed by atoms with Gasteiger partial charge >= 0.3 is 0 Å². The van der Waals surface area contributed by atoms with Crippen molar-refractivity contribution >= 4 is 15.9 Å². The standard InChI is InChI=1S/C16H22BrN/c1-16(18,14-4-2-3-5-15(14)17)10-13-9-11-6-7-12(13)8-11/h2-5,11-13H,6-10,18H2,1H3. The quantitative estimate of drug-likeness (QED) is 0.877. The molecule has 0 amide bonds. The van der Waals surface area contributed by atoms with Crippen LogP contribution in [0.3, 0.4) is 0 Å². The Bertz CT molecular complexity index is 440. The molecule has 3 rings (SSSR count). The smallest absolute Gasteiger partial charge is 0.0395 e. The highest BCUT2D eigenvalue weighted by molar-refractivity contribution is 9.10. The lowest BCUT2D eigenvalue weighted by Crippen LogP contribution is -2.36. The van der Waals surface area contributed by atoms with Gasteiger partial charge in [-0.3, -0.25) is 0 Å². The van der Waals surface area contributed by atoms with E-state index in [4.69, 9.17) is 5.73 Å². The zero-order valence-corrected chi connectivity index (χ0v) is 12.6. The summed E-state index contributed by atoms with van der Waals surface area (Å²) in [7, 11) is 0. The largest absolute Gasteiger partial charge is 0.322 e. The van der Waals surface area contributed by atoms with E-state index in [2.05, 4.69) is 47.1 Å².